The third-order valence-corrected chi connectivity index (χ3v) is 2.39. The Bertz CT molecular complexity index is 139. The van der Waals surface area contributed by atoms with Gasteiger partial charge in [-0.25, -0.2) is 0 Å². The minimum Gasteiger partial charge on any atom is -0.344 e. The number of nitrogens with two attached hydrogens (primary N) is 6. The maximum Gasteiger partial charge on any atom is 0.0292 e. The van der Waals surface area contributed by atoms with Crippen LogP contribution in [0.25, 0.3) is 0 Å². The van der Waals surface area contributed by atoms with E-state index in [0.717, 1.165) is 0 Å². The van der Waals surface area contributed by atoms with Crippen molar-refractivity contribution in [2.75, 3.05) is 39.3 Å². The summed E-state index contributed by atoms with van der Waals surface area (Å²) in [7, 11) is 0. The van der Waals surface area contributed by atoms with Gasteiger partial charge in [-0.15, -0.1) is 0 Å². The zero-order valence-electron chi connectivity index (χ0n) is 10.6. The first-order chi connectivity index (χ1) is 7.53. The van der Waals surface area contributed by atoms with E-state index in [1.165, 1.54) is 0 Å². The van der Waals surface area contributed by atoms with Gasteiger partial charge in [-0.2, -0.15) is 0 Å². The maximum absolute atomic E-state index is 5.80. The van der Waals surface area contributed by atoms with E-state index in [1.54, 1.807) is 0 Å². The highest BCUT2D eigenvalue weighted by Gasteiger charge is 2.15. The monoisotopic (exact) mass is 250 g/mol. The average molecular weight is 250 g/mol. The summed E-state index contributed by atoms with van der Waals surface area (Å²) in [6.07, 6.45) is 0. The molecule has 0 rings (SSSR count). The highest BCUT2D eigenvalue weighted by Crippen LogP contribution is 1.94. The molecule has 0 aliphatic rings. The Morgan fingerprint density at radius 2 is 0.882 bits per heavy atom. The van der Waals surface area contributed by atoms with Gasteiger partial charge in [0.1, 0.15) is 0 Å². The molecule has 0 saturated heterocycles. The fourth-order valence-corrected chi connectivity index (χ4v) is 1.44. The predicted octanol–water partition coefficient (Wildman–Crippen LogP) is -3.69. The first kappa shape index (κ1) is 19.0. The van der Waals surface area contributed by atoms with Gasteiger partial charge in [0.15, 0.2) is 0 Å². The smallest absolute Gasteiger partial charge is 0.0292 e. The second-order valence-corrected chi connectivity index (χ2v) is 4.21. The normalized spacial score (nSPS) is 16.4. The summed E-state index contributed by atoms with van der Waals surface area (Å²) in [5.74, 6) is 0. The predicted molar refractivity (Wildman–Crippen MR) is 72.6 cm³/mol. The third-order valence-electron chi connectivity index (χ3n) is 2.39. The van der Waals surface area contributed by atoms with E-state index in [4.69, 9.17) is 34.4 Å². The SMILES string of the molecule is N.NCC(N)CN(CC(N)CN)CC(N)CN. The summed E-state index contributed by atoms with van der Waals surface area (Å²) in [5, 5.41) is 0. The fourth-order valence-electron chi connectivity index (χ4n) is 1.44. The average Bonchev–Trinajstić information content (AvgIpc) is 2.28. The van der Waals surface area contributed by atoms with Crippen molar-refractivity contribution in [1.29, 1.82) is 0 Å². The molecule has 15 N–H and O–H groups in total. The molecule has 0 aromatic rings. The van der Waals surface area contributed by atoms with Gasteiger partial charge in [0.25, 0.3) is 0 Å². The van der Waals surface area contributed by atoms with Gasteiger partial charge in [-0.05, 0) is 0 Å². The van der Waals surface area contributed by atoms with Crippen molar-refractivity contribution in [2.24, 2.45) is 34.4 Å². The van der Waals surface area contributed by atoms with Crippen LogP contribution in [0.4, 0.5) is 0 Å². The van der Waals surface area contributed by atoms with Gasteiger partial charge in [0.05, 0.1) is 0 Å². The van der Waals surface area contributed by atoms with Crippen molar-refractivity contribution >= 4 is 0 Å². The molecule has 0 radical (unpaired) electrons. The molecule has 17 heavy (non-hydrogen) atoms. The molecule has 0 aromatic carbocycles. The molecule has 3 unspecified atom stereocenters. The van der Waals surface area contributed by atoms with E-state index < -0.39 is 0 Å². The lowest BCUT2D eigenvalue weighted by Crippen LogP contribution is -2.52. The highest BCUT2D eigenvalue weighted by atomic mass is 15.2. The summed E-state index contributed by atoms with van der Waals surface area (Å²) in [5.41, 5.74) is 33.8. The molecule has 8 nitrogen and oxygen atoms in total. The Labute approximate surface area is 104 Å². The van der Waals surface area contributed by atoms with Crippen LogP contribution in [0.3, 0.4) is 0 Å². The largest absolute Gasteiger partial charge is 0.344 e. The van der Waals surface area contributed by atoms with Gasteiger partial charge in [0.2, 0.25) is 0 Å². The molecule has 3 atom stereocenters. The zero-order valence-corrected chi connectivity index (χ0v) is 10.6. The maximum atomic E-state index is 5.80. The van der Waals surface area contributed by atoms with Crippen LogP contribution in [-0.4, -0.2) is 62.3 Å². The molecule has 8 heteroatoms. The van der Waals surface area contributed by atoms with Crippen molar-refractivity contribution < 1.29 is 0 Å². The lowest BCUT2D eigenvalue weighted by molar-refractivity contribution is 0.231. The van der Waals surface area contributed by atoms with E-state index in [0.29, 0.717) is 39.3 Å². The molecule has 0 aromatic heterocycles. The van der Waals surface area contributed by atoms with E-state index >= 15 is 0 Å². The summed E-state index contributed by atoms with van der Waals surface area (Å²) in [6.45, 7) is 3.30. The molecule has 0 amide bonds. The molecule has 0 bridgehead atoms. The summed E-state index contributed by atoms with van der Waals surface area (Å²) in [4.78, 5) is 2.08. The minimum atomic E-state index is -0.0741. The van der Waals surface area contributed by atoms with Crippen LogP contribution in [0, 0.1) is 0 Å². The van der Waals surface area contributed by atoms with Crippen LogP contribution < -0.4 is 40.6 Å². The van der Waals surface area contributed by atoms with E-state index in [9.17, 15) is 0 Å². The number of hydrogen-bond donors (Lipinski definition) is 7. The number of nitrogens with zero attached hydrogens (tertiary/aromatic N) is 1. The first-order valence-electron chi connectivity index (χ1n) is 5.62. The van der Waals surface area contributed by atoms with Gasteiger partial charge < -0.3 is 40.6 Å². The molecule has 106 valence electrons. The molecule has 0 spiro atoms. The van der Waals surface area contributed by atoms with Crippen LogP contribution in [0.15, 0.2) is 0 Å². The molecule has 0 aliphatic carbocycles. The van der Waals surface area contributed by atoms with E-state index in [-0.39, 0.29) is 24.3 Å². The van der Waals surface area contributed by atoms with E-state index in [2.05, 4.69) is 4.90 Å². The van der Waals surface area contributed by atoms with Crippen LogP contribution in [0.1, 0.15) is 0 Å². The molecular formula is C9H30N8. The van der Waals surface area contributed by atoms with Crippen LogP contribution in [0.2, 0.25) is 0 Å². The first-order valence-corrected chi connectivity index (χ1v) is 5.62. The number of rotatable bonds is 9. The Hall–Kier alpha value is -0.320. The lowest BCUT2D eigenvalue weighted by atomic mass is 10.2. The highest BCUT2D eigenvalue weighted by molar-refractivity contribution is 4.77. The van der Waals surface area contributed by atoms with Crippen LogP contribution >= 0.6 is 0 Å². The zero-order chi connectivity index (χ0) is 12.6. The van der Waals surface area contributed by atoms with Gasteiger partial charge in [0, 0.05) is 57.4 Å². The Kier molecular flexibility index (Phi) is 12.1. The van der Waals surface area contributed by atoms with Gasteiger partial charge in [-0.1, -0.05) is 0 Å². The summed E-state index contributed by atoms with van der Waals surface area (Å²) in [6, 6.07) is -0.222. The van der Waals surface area contributed by atoms with Crippen molar-refractivity contribution in [3.05, 3.63) is 0 Å². The Morgan fingerprint density at radius 3 is 1.06 bits per heavy atom. The van der Waals surface area contributed by atoms with Crippen molar-refractivity contribution in [3.63, 3.8) is 0 Å². The van der Waals surface area contributed by atoms with Crippen molar-refractivity contribution in [1.82, 2.24) is 11.1 Å². The topological polar surface area (TPSA) is 194 Å². The standard InChI is InChI=1S/C9H27N7.H3N/c10-1-7(13)4-16(5-8(14)2-11)6-9(15)3-12;/h7-9H,1-6,10-15H2;1H3. The van der Waals surface area contributed by atoms with E-state index in [1.807, 2.05) is 0 Å². The fraction of sp³-hybridized carbons (Fsp3) is 1.00. The molecule has 0 heterocycles. The Morgan fingerprint density at radius 1 is 0.647 bits per heavy atom. The molecule has 0 aliphatic heterocycles. The molecule has 0 fully saturated rings. The van der Waals surface area contributed by atoms with Crippen molar-refractivity contribution in [3.8, 4) is 0 Å². The number of hydrogen-bond acceptors (Lipinski definition) is 8. The molecular weight excluding hydrogens is 220 g/mol. The third kappa shape index (κ3) is 9.39. The molecule has 0 saturated carbocycles. The lowest BCUT2D eigenvalue weighted by Gasteiger charge is -2.29. The summed E-state index contributed by atoms with van der Waals surface area (Å²) >= 11 is 0. The summed E-state index contributed by atoms with van der Waals surface area (Å²) < 4.78 is 0. The second-order valence-electron chi connectivity index (χ2n) is 4.21. The van der Waals surface area contributed by atoms with Gasteiger partial charge in [-0.3, -0.25) is 4.90 Å². The van der Waals surface area contributed by atoms with Crippen LogP contribution in [-0.2, 0) is 0 Å². The quantitative estimate of drug-likeness (QED) is 0.217. The van der Waals surface area contributed by atoms with Gasteiger partial charge >= 0.3 is 0 Å². The van der Waals surface area contributed by atoms with Crippen LogP contribution in [0.5, 0.6) is 0 Å². The Balaban J connectivity index is 0. The minimum absolute atomic E-state index is 0. The van der Waals surface area contributed by atoms with Crippen molar-refractivity contribution in [2.45, 2.75) is 18.1 Å². The second kappa shape index (κ2) is 10.8.